The molecule has 0 radical (unpaired) electrons. The topological polar surface area (TPSA) is 48.2 Å². The van der Waals surface area contributed by atoms with E-state index in [-0.39, 0.29) is 5.88 Å². The second kappa shape index (κ2) is 8.53. The van der Waals surface area contributed by atoms with Crippen LogP contribution in [0.5, 0.6) is 0 Å². The van der Waals surface area contributed by atoms with Crippen LogP contribution in [0, 0.1) is 0 Å². The lowest BCUT2D eigenvalue weighted by molar-refractivity contribution is 0.131. The van der Waals surface area contributed by atoms with Crippen molar-refractivity contribution >= 4 is 11.6 Å². The molecule has 0 N–H and O–H groups in total. The van der Waals surface area contributed by atoms with Gasteiger partial charge < -0.3 is 9.26 Å². The number of hydrogen-bond acceptors (Lipinski definition) is 4. The van der Waals surface area contributed by atoms with Crippen LogP contribution in [0.1, 0.15) is 44.3 Å². The first-order chi connectivity index (χ1) is 7.86. The molecule has 0 aliphatic heterocycles. The normalized spacial score (nSPS) is 10.9. The third-order valence-corrected chi connectivity index (χ3v) is 2.47. The lowest BCUT2D eigenvalue weighted by Crippen LogP contribution is -2.01. The van der Waals surface area contributed by atoms with Gasteiger partial charge in [0.15, 0.2) is 5.82 Å². The van der Waals surface area contributed by atoms with Crippen molar-refractivity contribution in [3.05, 3.63) is 11.7 Å². The van der Waals surface area contributed by atoms with Crippen LogP contribution in [-0.4, -0.2) is 23.4 Å². The molecule has 0 fully saturated rings. The Balaban J connectivity index is 1.98. The first kappa shape index (κ1) is 13.5. The first-order valence-corrected chi connectivity index (χ1v) is 6.35. The summed E-state index contributed by atoms with van der Waals surface area (Å²) in [6.45, 7) is 3.67. The first-order valence-electron chi connectivity index (χ1n) is 5.82. The summed E-state index contributed by atoms with van der Waals surface area (Å²) in [7, 11) is 0. The van der Waals surface area contributed by atoms with Gasteiger partial charge in [0.2, 0.25) is 5.89 Å². The van der Waals surface area contributed by atoms with Crippen molar-refractivity contribution in [2.45, 2.75) is 44.9 Å². The predicted molar refractivity (Wildman–Crippen MR) is 62.5 cm³/mol. The van der Waals surface area contributed by atoms with Gasteiger partial charge in [-0.15, -0.1) is 11.6 Å². The number of rotatable bonds is 9. The minimum absolute atomic E-state index is 0.269. The monoisotopic (exact) mass is 246 g/mol. The molecule has 0 saturated heterocycles. The lowest BCUT2D eigenvalue weighted by atomic mass is 10.2. The molecule has 16 heavy (non-hydrogen) atoms. The maximum Gasteiger partial charge on any atom is 0.241 e. The number of alkyl halides is 1. The summed E-state index contributed by atoms with van der Waals surface area (Å²) in [4.78, 5) is 4.09. The van der Waals surface area contributed by atoms with Gasteiger partial charge in [0, 0.05) is 13.0 Å². The quantitative estimate of drug-likeness (QED) is 0.497. The molecule has 1 aromatic heterocycles. The van der Waals surface area contributed by atoms with Gasteiger partial charge in [-0.3, -0.25) is 0 Å². The number of hydrogen-bond donors (Lipinski definition) is 0. The molecule has 1 heterocycles. The van der Waals surface area contributed by atoms with Crippen molar-refractivity contribution < 1.29 is 9.26 Å². The van der Waals surface area contributed by atoms with Gasteiger partial charge in [-0.2, -0.15) is 4.98 Å². The van der Waals surface area contributed by atoms with Gasteiger partial charge in [0.05, 0.1) is 6.61 Å². The predicted octanol–water partition coefficient (Wildman–Crippen LogP) is 2.95. The van der Waals surface area contributed by atoms with Crippen molar-refractivity contribution in [1.82, 2.24) is 10.1 Å². The molecule has 0 aliphatic rings. The van der Waals surface area contributed by atoms with Crippen LogP contribution >= 0.6 is 11.6 Å². The van der Waals surface area contributed by atoms with Gasteiger partial charge >= 0.3 is 0 Å². The van der Waals surface area contributed by atoms with Gasteiger partial charge in [-0.25, -0.2) is 0 Å². The molecule has 0 atom stereocenters. The molecule has 5 heteroatoms. The van der Waals surface area contributed by atoms with E-state index in [0.29, 0.717) is 24.7 Å². The Bertz CT molecular complexity index is 279. The zero-order chi connectivity index (χ0) is 11.6. The lowest BCUT2D eigenvalue weighted by Gasteiger charge is -2.01. The maximum absolute atomic E-state index is 5.55. The summed E-state index contributed by atoms with van der Waals surface area (Å²) >= 11 is 5.55. The van der Waals surface area contributed by atoms with Gasteiger partial charge in [-0.1, -0.05) is 31.3 Å². The fourth-order valence-corrected chi connectivity index (χ4v) is 1.45. The molecule has 0 aliphatic carbocycles. The van der Waals surface area contributed by atoms with Crippen LogP contribution in [0.15, 0.2) is 4.52 Å². The molecule has 1 aromatic rings. The Morgan fingerprint density at radius 1 is 1.25 bits per heavy atom. The summed E-state index contributed by atoms with van der Waals surface area (Å²) in [5.41, 5.74) is 0. The molecule has 0 aromatic carbocycles. The fourth-order valence-electron chi connectivity index (χ4n) is 1.34. The van der Waals surface area contributed by atoms with E-state index in [2.05, 4.69) is 17.1 Å². The summed E-state index contributed by atoms with van der Waals surface area (Å²) in [6.07, 6.45) is 5.60. The van der Waals surface area contributed by atoms with Gasteiger partial charge in [0.25, 0.3) is 0 Å². The van der Waals surface area contributed by atoms with Gasteiger partial charge in [0.1, 0.15) is 5.88 Å². The van der Waals surface area contributed by atoms with Crippen molar-refractivity contribution in [3.63, 3.8) is 0 Å². The third kappa shape index (κ3) is 5.47. The van der Waals surface area contributed by atoms with E-state index in [1.54, 1.807) is 0 Å². The summed E-state index contributed by atoms with van der Waals surface area (Å²) in [5.74, 6) is 1.41. The Kier molecular flexibility index (Phi) is 7.17. The maximum atomic E-state index is 5.55. The molecular formula is C11H19ClN2O2. The largest absolute Gasteiger partial charge is 0.381 e. The molecule has 0 unspecified atom stereocenters. The average molecular weight is 247 g/mol. The second-order valence-electron chi connectivity index (χ2n) is 3.66. The molecule has 4 nitrogen and oxygen atoms in total. The number of aromatic nitrogens is 2. The summed E-state index contributed by atoms with van der Waals surface area (Å²) < 4.78 is 10.3. The van der Waals surface area contributed by atoms with Crippen molar-refractivity contribution in [2.75, 3.05) is 13.2 Å². The van der Waals surface area contributed by atoms with Crippen LogP contribution in [0.2, 0.25) is 0 Å². The number of halogens is 1. The van der Waals surface area contributed by atoms with Gasteiger partial charge in [-0.05, 0) is 6.42 Å². The zero-order valence-electron chi connectivity index (χ0n) is 9.75. The summed E-state index contributed by atoms with van der Waals surface area (Å²) in [6, 6.07) is 0. The van der Waals surface area contributed by atoms with Crippen molar-refractivity contribution in [1.29, 1.82) is 0 Å². The van der Waals surface area contributed by atoms with E-state index in [4.69, 9.17) is 20.9 Å². The van der Waals surface area contributed by atoms with Crippen LogP contribution in [-0.2, 0) is 17.0 Å². The molecular weight excluding hydrogens is 228 g/mol. The van der Waals surface area contributed by atoms with E-state index >= 15 is 0 Å². The molecule has 0 saturated carbocycles. The van der Waals surface area contributed by atoms with Crippen molar-refractivity contribution in [2.24, 2.45) is 0 Å². The highest BCUT2D eigenvalue weighted by atomic mass is 35.5. The summed E-state index contributed by atoms with van der Waals surface area (Å²) in [5, 5.41) is 3.78. The van der Waals surface area contributed by atoms with E-state index < -0.39 is 0 Å². The number of ether oxygens (including phenoxy) is 1. The minimum Gasteiger partial charge on any atom is -0.381 e. The van der Waals surface area contributed by atoms with Crippen LogP contribution in [0.25, 0.3) is 0 Å². The highest BCUT2D eigenvalue weighted by molar-refractivity contribution is 6.16. The zero-order valence-corrected chi connectivity index (χ0v) is 10.5. The van der Waals surface area contributed by atoms with E-state index in [1.165, 1.54) is 19.3 Å². The average Bonchev–Trinajstić information content (AvgIpc) is 2.76. The standard InChI is InChI=1S/C11H19ClN2O2/c1-2-3-4-5-7-15-8-6-10-13-11(9-12)16-14-10/h2-9H2,1H3. The highest BCUT2D eigenvalue weighted by Gasteiger charge is 2.04. The Morgan fingerprint density at radius 2 is 2.12 bits per heavy atom. The molecule has 0 spiro atoms. The Morgan fingerprint density at radius 3 is 2.81 bits per heavy atom. The second-order valence-corrected chi connectivity index (χ2v) is 3.93. The van der Waals surface area contributed by atoms with E-state index in [1.807, 2.05) is 0 Å². The van der Waals surface area contributed by atoms with Crippen LogP contribution in [0.4, 0.5) is 0 Å². The van der Waals surface area contributed by atoms with E-state index in [9.17, 15) is 0 Å². The van der Waals surface area contributed by atoms with Crippen LogP contribution < -0.4 is 0 Å². The molecule has 1 rings (SSSR count). The third-order valence-electron chi connectivity index (χ3n) is 2.24. The van der Waals surface area contributed by atoms with Crippen LogP contribution in [0.3, 0.4) is 0 Å². The fraction of sp³-hybridized carbons (Fsp3) is 0.818. The SMILES string of the molecule is CCCCCCOCCc1noc(CCl)n1. The Labute approximate surface area is 101 Å². The highest BCUT2D eigenvalue weighted by Crippen LogP contribution is 2.02. The molecule has 92 valence electrons. The number of unbranched alkanes of at least 4 members (excludes halogenated alkanes) is 3. The Hall–Kier alpha value is -0.610. The molecule has 0 amide bonds. The molecule has 0 bridgehead atoms. The number of nitrogens with zero attached hydrogens (tertiary/aromatic N) is 2. The minimum atomic E-state index is 0.269. The smallest absolute Gasteiger partial charge is 0.241 e. The van der Waals surface area contributed by atoms with Crippen molar-refractivity contribution in [3.8, 4) is 0 Å². The van der Waals surface area contributed by atoms with E-state index in [0.717, 1.165) is 13.0 Å².